The molecular weight excluding hydrogens is 219 g/mol. The van der Waals surface area contributed by atoms with Gasteiger partial charge in [-0.3, -0.25) is 4.90 Å². The molecule has 1 unspecified atom stereocenters. The van der Waals surface area contributed by atoms with Gasteiger partial charge in [0.1, 0.15) is 0 Å². The van der Waals surface area contributed by atoms with Crippen LogP contribution in [0, 0.1) is 5.92 Å². The van der Waals surface area contributed by atoms with Gasteiger partial charge in [-0.1, -0.05) is 20.8 Å². The van der Waals surface area contributed by atoms with Gasteiger partial charge in [0, 0.05) is 6.54 Å². The van der Waals surface area contributed by atoms with Crippen LogP contribution in [0.5, 0.6) is 0 Å². The summed E-state index contributed by atoms with van der Waals surface area (Å²) in [6.45, 7) is 6.46. The van der Waals surface area contributed by atoms with E-state index in [4.69, 9.17) is 0 Å². The van der Waals surface area contributed by atoms with Crippen molar-refractivity contribution in [3.8, 4) is 0 Å². The largest absolute Gasteiger partial charge is 0.401 e. The lowest BCUT2D eigenvalue weighted by Crippen LogP contribution is -2.47. The zero-order chi connectivity index (χ0) is 13.0. The Morgan fingerprint density at radius 2 is 1.69 bits per heavy atom. The molecule has 0 saturated carbocycles. The van der Waals surface area contributed by atoms with Gasteiger partial charge in [-0.05, 0) is 25.8 Å². The molecule has 98 valence electrons. The molecule has 0 radical (unpaired) electrons. The van der Waals surface area contributed by atoms with Crippen LogP contribution in [0.4, 0.5) is 13.2 Å². The van der Waals surface area contributed by atoms with E-state index in [0.29, 0.717) is 13.0 Å². The van der Waals surface area contributed by atoms with E-state index >= 15 is 0 Å². The van der Waals surface area contributed by atoms with Crippen molar-refractivity contribution in [2.45, 2.75) is 45.9 Å². The summed E-state index contributed by atoms with van der Waals surface area (Å²) >= 11 is 0. The Morgan fingerprint density at radius 3 is 2.00 bits per heavy atom. The molecule has 0 aromatic rings. The summed E-state index contributed by atoms with van der Waals surface area (Å²) in [5, 5.41) is 9.98. The molecule has 0 aliphatic heterocycles. The molecule has 0 bridgehead atoms. The van der Waals surface area contributed by atoms with Gasteiger partial charge in [0.05, 0.1) is 12.1 Å². The average molecular weight is 241 g/mol. The van der Waals surface area contributed by atoms with E-state index in [0.717, 1.165) is 0 Å². The first-order valence-corrected chi connectivity index (χ1v) is 5.60. The molecule has 0 aliphatic rings. The Kier molecular flexibility index (Phi) is 5.76. The van der Waals surface area contributed by atoms with Crippen LogP contribution in [-0.2, 0) is 0 Å². The van der Waals surface area contributed by atoms with Crippen molar-refractivity contribution in [1.82, 2.24) is 4.90 Å². The molecule has 0 spiro atoms. The molecule has 0 fully saturated rings. The number of alkyl halides is 3. The van der Waals surface area contributed by atoms with Gasteiger partial charge in [0.25, 0.3) is 0 Å². The summed E-state index contributed by atoms with van der Waals surface area (Å²) in [7, 11) is 0. The van der Waals surface area contributed by atoms with E-state index in [-0.39, 0.29) is 12.5 Å². The first-order valence-electron chi connectivity index (χ1n) is 5.60. The second-order valence-electron chi connectivity index (χ2n) is 4.84. The molecule has 0 amide bonds. The van der Waals surface area contributed by atoms with Gasteiger partial charge in [0.15, 0.2) is 0 Å². The average Bonchev–Trinajstić information content (AvgIpc) is 1.99. The van der Waals surface area contributed by atoms with E-state index in [9.17, 15) is 18.3 Å². The number of nitrogens with zero attached hydrogens (tertiary/aromatic N) is 1. The van der Waals surface area contributed by atoms with Crippen LogP contribution >= 0.6 is 0 Å². The normalized spacial score (nSPS) is 16.9. The molecule has 1 N–H and O–H groups in total. The molecule has 0 rings (SSSR count). The maximum atomic E-state index is 12.3. The molecule has 0 aliphatic carbocycles. The smallest absolute Gasteiger partial charge is 0.389 e. The predicted molar refractivity (Wildman–Crippen MR) is 58.2 cm³/mol. The highest BCUT2D eigenvalue weighted by atomic mass is 19.4. The van der Waals surface area contributed by atoms with Crippen molar-refractivity contribution in [1.29, 1.82) is 0 Å². The fourth-order valence-corrected chi connectivity index (χ4v) is 1.42. The minimum atomic E-state index is -4.21. The molecule has 16 heavy (non-hydrogen) atoms. The van der Waals surface area contributed by atoms with E-state index in [1.165, 1.54) is 4.90 Å². The fraction of sp³-hybridized carbons (Fsp3) is 1.00. The molecule has 5 heteroatoms. The summed E-state index contributed by atoms with van der Waals surface area (Å²) in [6, 6.07) is 0. The van der Waals surface area contributed by atoms with Crippen molar-refractivity contribution in [3.05, 3.63) is 0 Å². The summed E-state index contributed by atoms with van der Waals surface area (Å²) in [4.78, 5) is 1.26. The van der Waals surface area contributed by atoms with Gasteiger partial charge < -0.3 is 5.11 Å². The third kappa shape index (κ3) is 6.33. The van der Waals surface area contributed by atoms with Crippen LogP contribution in [0.25, 0.3) is 0 Å². The van der Waals surface area contributed by atoms with E-state index < -0.39 is 18.3 Å². The lowest BCUT2D eigenvalue weighted by atomic mass is 9.92. The minimum absolute atomic E-state index is 0.0536. The molecular formula is C11H22F3NO. The lowest BCUT2D eigenvalue weighted by Gasteiger charge is -2.34. The zero-order valence-electron chi connectivity index (χ0n) is 10.4. The number of hydrogen-bond acceptors (Lipinski definition) is 2. The maximum Gasteiger partial charge on any atom is 0.401 e. The predicted octanol–water partition coefficient (Wildman–Crippen LogP) is 2.67. The van der Waals surface area contributed by atoms with Crippen LogP contribution in [0.15, 0.2) is 0 Å². The molecule has 2 nitrogen and oxygen atoms in total. The van der Waals surface area contributed by atoms with Crippen LogP contribution in [0.3, 0.4) is 0 Å². The van der Waals surface area contributed by atoms with E-state index in [1.54, 1.807) is 20.8 Å². The molecule has 1 atom stereocenters. The first kappa shape index (κ1) is 15.7. The van der Waals surface area contributed by atoms with Crippen LogP contribution < -0.4 is 0 Å². The summed E-state index contributed by atoms with van der Waals surface area (Å²) in [5.41, 5.74) is -1.08. The molecule has 0 heterocycles. The highest BCUT2D eigenvalue weighted by Gasteiger charge is 2.34. The monoisotopic (exact) mass is 241 g/mol. The lowest BCUT2D eigenvalue weighted by molar-refractivity contribution is -0.153. The highest BCUT2D eigenvalue weighted by Crippen LogP contribution is 2.22. The first-order chi connectivity index (χ1) is 7.08. The maximum absolute atomic E-state index is 12.3. The second-order valence-corrected chi connectivity index (χ2v) is 4.84. The number of rotatable bonds is 6. The van der Waals surface area contributed by atoms with Crippen LogP contribution in [0.1, 0.15) is 34.1 Å². The molecule has 0 saturated heterocycles. The van der Waals surface area contributed by atoms with Crippen molar-refractivity contribution >= 4 is 0 Å². The summed E-state index contributed by atoms with van der Waals surface area (Å²) in [6.07, 6.45) is -3.56. The van der Waals surface area contributed by atoms with E-state index in [2.05, 4.69) is 0 Å². The van der Waals surface area contributed by atoms with Crippen molar-refractivity contribution in [2.75, 3.05) is 19.6 Å². The van der Waals surface area contributed by atoms with Gasteiger partial charge in [-0.15, -0.1) is 0 Å². The van der Waals surface area contributed by atoms with Crippen LogP contribution in [0.2, 0.25) is 0 Å². The Morgan fingerprint density at radius 1 is 1.19 bits per heavy atom. The quantitative estimate of drug-likeness (QED) is 0.772. The van der Waals surface area contributed by atoms with Gasteiger partial charge >= 0.3 is 6.18 Å². The zero-order valence-corrected chi connectivity index (χ0v) is 10.4. The molecule has 0 aromatic carbocycles. The third-order valence-electron chi connectivity index (χ3n) is 2.73. The number of aliphatic hydroxyl groups is 1. The van der Waals surface area contributed by atoms with Gasteiger partial charge in [-0.2, -0.15) is 13.2 Å². The Labute approximate surface area is 95.4 Å². The van der Waals surface area contributed by atoms with Gasteiger partial charge in [0.2, 0.25) is 0 Å². The van der Waals surface area contributed by atoms with Crippen molar-refractivity contribution in [2.24, 2.45) is 5.92 Å². The number of hydrogen-bond donors (Lipinski definition) is 1. The fourth-order valence-electron chi connectivity index (χ4n) is 1.42. The second kappa shape index (κ2) is 5.87. The standard InChI is InChI=1S/C11H22F3NO/c1-5-6-15(8-11(12,13)14)7-10(4,16)9(2)3/h9,16H,5-8H2,1-4H3. The Bertz CT molecular complexity index is 202. The summed E-state index contributed by atoms with van der Waals surface area (Å²) in [5.74, 6) is -0.0694. The van der Waals surface area contributed by atoms with Crippen LogP contribution in [-0.4, -0.2) is 41.4 Å². The topological polar surface area (TPSA) is 23.5 Å². The molecule has 0 aromatic heterocycles. The Hall–Kier alpha value is -0.290. The SMILES string of the molecule is CCCN(CC(F)(F)F)CC(C)(O)C(C)C. The highest BCUT2D eigenvalue weighted by molar-refractivity contribution is 4.81. The third-order valence-corrected chi connectivity index (χ3v) is 2.73. The van der Waals surface area contributed by atoms with Gasteiger partial charge in [-0.25, -0.2) is 0 Å². The minimum Gasteiger partial charge on any atom is -0.389 e. The van der Waals surface area contributed by atoms with E-state index in [1.807, 2.05) is 6.92 Å². The van der Waals surface area contributed by atoms with Crippen molar-refractivity contribution in [3.63, 3.8) is 0 Å². The number of halogens is 3. The van der Waals surface area contributed by atoms with Crippen molar-refractivity contribution < 1.29 is 18.3 Å². The summed E-state index contributed by atoms with van der Waals surface area (Å²) < 4.78 is 36.8. The Balaban J connectivity index is 4.44.